The number of hydrogen-bond acceptors (Lipinski definition) is 5. The molecule has 0 heterocycles. The van der Waals surface area contributed by atoms with Gasteiger partial charge in [-0.05, 0) is 42.5 Å². The summed E-state index contributed by atoms with van der Waals surface area (Å²) in [5, 5.41) is 3.07. The topological polar surface area (TPSA) is 92.8 Å². The Hall–Kier alpha value is -2.42. The molecule has 0 fully saturated rings. The van der Waals surface area contributed by atoms with E-state index >= 15 is 0 Å². The molecular weight excluding hydrogens is 428 g/mol. The lowest BCUT2D eigenvalue weighted by Gasteiger charge is -2.18. The van der Waals surface area contributed by atoms with Crippen LogP contribution in [-0.4, -0.2) is 44.6 Å². The van der Waals surface area contributed by atoms with E-state index in [9.17, 15) is 18.0 Å². The van der Waals surface area contributed by atoms with E-state index in [0.29, 0.717) is 35.1 Å². The summed E-state index contributed by atoms with van der Waals surface area (Å²) < 4.78 is 31.5. The second-order valence-corrected chi connectivity index (χ2v) is 8.80. The average Bonchev–Trinajstić information content (AvgIpc) is 2.73. The third kappa shape index (κ3) is 5.81. The van der Waals surface area contributed by atoms with Gasteiger partial charge in [0.2, 0.25) is 15.9 Å². The highest BCUT2D eigenvalue weighted by Crippen LogP contribution is 2.24. The standard InChI is InChI=1S/C21H25ClN2O5S/c1-4-24(5-2)30(27,28)17-9-7-16(8-10-17)23-21(26)13-11-19(25)18-14-15(22)6-12-20(18)29-3/h6-10,12,14H,4-5,11,13H2,1-3H3,(H,23,26). The molecule has 2 rings (SSSR count). The number of halogens is 1. The molecule has 9 heteroatoms. The lowest BCUT2D eigenvalue weighted by molar-refractivity contribution is -0.116. The zero-order chi connectivity index (χ0) is 22.3. The number of carbonyl (C=O) groups is 2. The minimum atomic E-state index is -3.56. The highest BCUT2D eigenvalue weighted by atomic mass is 35.5. The molecule has 30 heavy (non-hydrogen) atoms. The molecule has 0 aromatic heterocycles. The fourth-order valence-corrected chi connectivity index (χ4v) is 4.54. The van der Waals surface area contributed by atoms with Crippen LogP contribution in [0.25, 0.3) is 0 Å². The minimum absolute atomic E-state index is 0.0169. The Morgan fingerprint density at radius 1 is 1.03 bits per heavy atom. The van der Waals surface area contributed by atoms with Crippen LogP contribution < -0.4 is 10.1 Å². The molecule has 0 aliphatic heterocycles. The van der Waals surface area contributed by atoms with E-state index in [1.807, 2.05) is 0 Å². The molecule has 0 saturated heterocycles. The number of nitrogens with zero attached hydrogens (tertiary/aromatic N) is 1. The first-order valence-corrected chi connectivity index (χ1v) is 11.3. The Morgan fingerprint density at radius 2 is 1.67 bits per heavy atom. The van der Waals surface area contributed by atoms with E-state index in [1.54, 1.807) is 26.0 Å². The van der Waals surface area contributed by atoms with E-state index in [2.05, 4.69) is 5.32 Å². The van der Waals surface area contributed by atoms with Crippen LogP contribution in [0.3, 0.4) is 0 Å². The molecule has 1 amide bonds. The van der Waals surface area contributed by atoms with Gasteiger partial charge in [0.05, 0.1) is 17.6 Å². The van der Waals surface area contributed by atoms with Crippen LogP contribution in [0.1, 0.15) is 37.0 Å². The van der Waals surface area contributed by atoms with Crippen LogP contribution in [0.15, 0.2) is 47.4 Å². The number of rotatable bonds is 10. The van der Waals surface area contributed by atoms with E-state index in [4.69, 9.17) is 16.3 Å². The number of benzene rings is 2. The molecule has 0 radical (unpaired) electrons. The molecule has 2 aromatic rings. The summed E-state index contributed by atoms with van der Waals surface area (Å²) in [6, 6.07) is 10.7. The normalized spacial score (nSPS) is 11.4. The Labute approximate surface area is 182 Å². The van der Waals surface area contributed by atoms with Gasteiger partial charge in [0.25, 0.3) is 0 Å². The largest absolute Gasteiger partial charge is 0.496 e. The second-order valence-electron chi connectivity index (χ2n) is 6.43. The van der Waals surface area contributed by atoms with Gasteiger partial charge >= 0.3 is 0 Å². The lowest BCUT2D eigenvalue weighted by Crippen LogP contribution is -2.30. The SMILES string of the molecule is CCN(CC)S(=O)(=O)c1ccc(NC(=O)CCC(=O)c2cc(Cl)ccc2OC)cc1. The van der Waals surface area contributed by atoms with Gasteiger partial charge < -0.3 is 10.1 Å². The Morgan fingerprint density at radius 3 is 2.23 bits per heavy atom. The van der Waals surface area contributed by atoms with Crippen molar-refractivity contribution in [2.75, 3.05) is 25.5 Å². The van der Waals surface area contributed by atoms with Gasteiger partial charge in [-0.15, -0.1) is 0 Å². The summed E-state index contributed by atoms with van der Waals surface area (Å²) in [6.07, 6.45) is -0.0506. The van der Waals surface area contributed by atoms with E-state index in [1.165, 1.54) is 41.7 Å². The Bertz CT molecular complexity index is 1000. The van der Waals surface area contributed by atoms with Gasteiger partial charge in [-0.1, -0.05) is 25.4 Å². The quantitative estimate of drug-likeness (QED) is 0.550. The fraction of sp³-hybridized carbons (Fsp3) is 0.333. The summed E-state index contributed by atoms with van der Waals surface area (Å²) in [6.45, 7) is 4.30. The maximum absolute atomic E-state index is 12.5. The monoisotopic (exact) mass is 452 g/mol. The van der Waals surface area contributed by atoms with Crippen LogP contribution in [-0.2, 0) is 14.8 Å². The van der Waals surface area contributed by atoms with Gasteiger partial charge in [-0.3, -0.25) is 9.59 Å². The van der Waals surface area contributed by atoms with Crippen molar-refractivity contribution < 1.29 is 22.7 Å². The molecule has 2 aromatic carbocycles. The predicted octanol–water partition coefficient (Wildman–Crippen LogP) is 3.98. The van der Waals surface area contributed by atoms with Crippen molar-refractivity contribution in [1.82, 2.24) is 4.31 Å². The number of hydrogen-bond donors (Lipinski definition) is 1. The maximum Gasteiger partial charge on any atom is 0.243 e. The molecule has 0 aliphatic carbocycles. The van der Waals surface area contributed by atoms with Crippen LogP contribution in [0.4, 0.5) is 5.69 Å². The molecule has 0 spiro atoms. The van der Waals surface area contributed by atoms with Gasteiger partial charge in [-0.2, -0.15) is 4.31 Å². The first kappa shape index (κ1) is 23.9. The molecule has 1 N–H and O–H groups in total. The van der Waals surface area contributed by atoms with Gasteiger partial charge in [0.1, 0.15) is 5.75 Å². The van der Waals surface area contributed by atoms with Crippen molar-refractivity contribution in [3.63, 3.8) is 0 Å². The van der Waals surface area contributed by atoms with Crippen LogP contribution in [0.2, 0.25) is 5.02 Å². The Balaban J connectivity index is 1.99. The number of anilines is 1. The lowest BCUT2D eigenvalue weighted by atomic mass is 10.1. The fourth-order valence-electron chi connectivity index (χ4n) is 2.91. The number of sulfonamides is 1. The first-order valence-electron chi connectivity index (χ1n) is 9.49. The number of ether oxygens (including phenoxy) is 1. The molecule has 0 bridgehead atoms. The molecule has 0 saturated carbocycles. The van der Waals surface area contributed by atoms with Gasteiger partial charge in [-0.25, -0.2) is 8.42 Å². The zero-order valence-corrected chi connectivity index (χ0v) is 18.7. The molecule has 0 unspecified atom stereocenters. The molecule has 0 aliphatic rings. The number of carbonyl (C=O) groups excluding carboxylic acids is 2. The summed E-state index contributed by atoms with van der Waals surface area (Å²) in [7, 11) is -2.10. The van der Waals surface area contributed by atoms with Crippen LogP contribution >= 0.6 is 11.6 Å². The van der Waals surface area contributed by atoms with Crippen LogP contribution in [0.5, 0.6) is 5.75 Å². The predicted molar refractivity (Wildman–Crippen MR) is 117 cm³/mol. The summed E-state index contributed by atoms with van der Waals surface area (Å²) in [5.74, 6) is -0.219. The number of methoxy groups -OCH3 is 1. The summed E-state index contributed by atoms with van der Waals surface area (Å²) in [4.78, 5) is 24.8. The average molecular weight is 453 g/mol. The number of Topliss-reactive ketones (excluding diaryl/α,β-unsaturated/α-hetero) is 1. The third-order valence-corrected chi connectivity index (χ3v) is 6.82. The molecule has 7 nitrogen and oxygen atoms in total. The maximum atomic E-state index is 12.5. The van der Waals surface area contributed by atoms with Crippen molar-refractivity contribution in [1.29, 1.82) is 0 Å². The van der Waals surface area contributed by atoms with E-state index < -0.39 is 10.0 Å². The van der Waals surface area contributed by atoms with Crippen molar-refractivity contribution in [3.8, 4) is 5.75 Å². The number of nitrogens with one attached hydrogen (secondary N) is 1. The van der Waals surface area contributed by atoms with Gasteiger partial charge in [0, 0.05) is 36.6 Å². The van der Waals surface area contributed by atoms with Crippen molar-refractivity contribution in [2.24, 2.45) is 0 Å². The first-order chi connectivity index (χ1) is 14.2. The second kappa shape index (κ2) is 10.6. The summed E-state index contributed by atoms with van der Waals surface area (Å²) in [5.41, 5.74) is 0.773. The van der Waals surface area contributed by atoms with E-state index in [-0.39, 0.29) is 29.4 Å². The van der Waals surface area contributed by atoms with Crippen molar-refractivity contribution in [2.45, 2.75) is 31.6 Å². The minimum Gasteiger partial charge on any atom is -0.496 e. The van der Waals surface area contributed by atoms with E-state index in [0.717, 1.165) is 0 Å². The number of amides is 1. The smallest absolute Gasteiger partial charge is 0.243 e. The summed E-state index contributed by atoms with van der Waals surface area (Å²) >= 11 is 5.94. The molecule has 162 valence electrons. The molecule has 0 atom stereocenters. The highest BCUT2D eigenvalue weighted by molar-refractivity contribution is 7.89. The van der Waals surface area contributed by atoms with Crippen LogP contribution in [0, 0.1) is 0 Å². The highest BCUT2D eigenvalue weighted by Gasteiger charge is 2.21. The van der Waals surface area contributed by atoms with Crippen molar-refractivity contribution in [3.05, 3.63) is 53.1 Å². The molecular formula is C21H25ClN2O5S. The number of ketones is 1. The Kier molecular flexibility index (Phi) is 8.40. The zero-order valence-electron chi connectivity index (χ0n) is 17.1. The third-order valence-electron chi connectivity index (χ3n) is 4.52. The van der Waals surface area contributed by atoms with Gasteiger partial charge in [0.15, 0.2) is 5.78 Å². The van der Waals surface area contributed by atoms with Crippen molar-refractivity contribution >= 4 is 39.0 Å².